The molecule has 5 aliphatic rings. The van der Waals surface area contributed by atoms with Crippen LogP contribution in [-0.2, 0) is 14.1 Å². The topological polar surface area (TPSA) is 62.6 Å². The predicted molar refractivity (Wildman–Crippen MR) is 82.8 cm³/mol. The quantitative estimate of drug-likeness (QED) is 0.727. The first-order valence-corrected chi connectivity index (χ1v) is 8.65. The van der Waals surface area contributed by atoms with Crippen LogP contribution in [0.3, 0.4) is 0 Å². The van der Waals surface area contributed by atoms with Gasteiger partial charge in [-0.3, -0.25) is 4.79 Å². The number of rotatable bonds is 2. The first-order valence-electron chi connectivity index (χ1n) is 8.65. The summed E-state index contributed by atoms with van der Waals surface area (Å²) in [5.74, 6) is 1.20. The van der Waals surface area contributed by atoms with Crippen LogP contribution < -0.4 is 5.73 Å². The third kappa shape index (κ3) is 1.80. The van der Waals surface area contributed by atoms with E-state index < -0.39 is 0 Å². The van der Waals surface area contributed by atoms with Gasteiger partial charge in [0.1, 0.15) is 0 Å². The number of carbonyl (C=O) groups excluding carboxylic acids is 1. The molecule has 0 unspecified atom stereocenters. The zero-order valence-electron chi connectivity index (χ0n) is 13.8. The second-order valence-corrected chi connectivity index (χ2v) is 8.31. The summed E-state index contributed by atoms with van der Waals surface area (Å²) >= 11 is 0. The Morgan fingerprint density at radius 1 is 1.36 bits per heavy atom. The van der Waals surface area contributed by atoms with E-state index in [1.807, 2.05) is 4.90 Å². The normalized spacial score (nSPS) is 45.6. The fraction of sp³-hybridized carbons (Fsp3) is 0.938. The lowest BCUT2D eigenvalue weighted by Gasteiger charge is -2.64. The lowest BCUT2D eigenvalue weighted by Crippen LogP contribution is -2.65. The van der Waals surface area contributed by atoms with Crippen molar-refractivity contribution < 1.29 is 14.1 Å². The van der Waals surface area contributed by atoms with Crippen molar-refractivity contribution in [2.24, 2.45) is 17.3 Å². The van der Waals surface area contributed by atoms with Gasteiger partial charge in [-0.05, 0) is 49.9 Å². The Labute approximate surface area is 133 Å². The SMILES string of the molecule is CC1(C)[C@@H]2C[C@H]3OB([C@@H]4CCCN4C(=O)C[NH])O[C@@]3(C)[C@H]1C2. The summed E-state index contributed by atoms with van der Waals surface area (Å²) < 4.78 is 12.8. The highest BCUT2D eigenvalue weighted by atomic mass is 16.7. The molecule has 3 saturated carbocycles. The lowest BCUT2D eigenvalue weighted by atomic mass is 9.43. The molecule has 2 bridgehead atoms. The number of hydrogen-bond donors (Lipinski definition) is 0. The molecule has 5 rings (SSSR count). The van der Waals surface area contributed by atoms with E-state index in [-0.39, 0.29) is 37.2 Å². The molecule has 5 atom stereocenters. The molecular weight excluding hydrogens is 279 g/mol. The summed E-state index contributed by atoms with van der Waals surface area (Å²) in [5.41, 5.74) is 7.49. The van der Waals surface area contributed by atoms with Crippen LogP contribution in [0.15, 0.2) is 0 Å². The molecule has 2 aliphatic heterocycles. The highest BCUT2D eigenvalue weighted by Crippen LogP contribution is 2.65. The van der Waals surface area contributed by atoms with Crippen LogP contribution in [-0.4, -0.2) is 48.7 Å². The Hall–Kier alpha value is -0.585. The smallest absolute Gasteiger partial charge is 0.404 e. The van der Waals surface area contributed by atoms with Gasteiger partial charge in [0.25, 0.3) is 0 Å². The number of nitrogens with one attached hydrogen (secondary N) is 1. The van der Waals surface area contributed by atoms with Gasteiger partial charge < -0.3 is 14.2 Å². The predicted octanol–water partition coefficient (Wildman–Crippen LogP) is 1.53. The van der Waals surface area contributed by atoms with Gasteiger partial charge in [0.2, 0.25) is 5.91 Å². The van der Waals surface area contributed by atoms with Crippen molar-refractivity contribution in [3.05, 3.63) is 0 Å². The molecule has 0 aromatic rings. The van der Waals surface area contributed by atoms with Crippen LogP contribution in [0.4, 0.5) is 0 Å². The first-order chi connectivity index (χ1) is 10.4. The summed E-state index contributed by atoms with van der Waals surface area (Å²) in [5, 5.41) is 0. The fourth-order valence-electron chi connectivity index (χ4n) is 5.55. The molecular formula is C16H26BN2O3. The molecule has 2 saturated heterocycles. The van der Waals surface area contributed by atoms with Crippen molar-refractivity contribution in [2.75, 3.05) is 13.1 Å². The maximum Gasteiger partial charge on any atom is 0.481 e. The molecule has 1 radical (unpaired) electrons. The molecule has 22 heavy (non-hydrogen) atoms. The Morgan fingerprint density at radius 2 is 2.14 bits per heavy atom. The Kier molecular flexibility index (Phi) is 3.21. The summed E-state index contributed by atoms with van der Waals surface area (Å²) in [6.07, 6.45) is 4.41. The molecule has 2 heterocycles. The molecule has 5 nitrogen and oxygen atoms in total. The van der Waals surface area contributed by atoms with Crippen LogP contribution in [0.5, 0.6) is 0 Å². The molecule has 121 valence electrons. The third-order valence-corrected chi connectivity index (χ3v) is 7.05. The number of carbonyl (C=O) groups is 1. The maximum absolute atomic E-state index is 12.0. The summed E-state index contributed by atoms with van der Waals surface area (Å²) in [6, 6.07) is 0. The van der Waals surface area contributed by atoms with Gasteiger partial charge in [0.05, 0.1) is 24.2 Å². The van der Waals surface area contributed by atoms with Gasteiger partial charge >= 0.3 is 7.12 Å². The van der Waals surface area contributed by atoms with Crippen molar-refractivity contribution >= 4 is 13.0 Å². The molecule has 0 spiro atoms. The van der Waals surface area contributed by atoms with Crippen molar-refractivity contribution in [1.82, 2.24) is 10.6 Å². The van der Waals surface area contributed by atoms with E-state index in [0.717, 1.165) is 31.7 Å². The number of amides is 1. The minimum atomic E-state index is -0.303. The van der Waals surface area contributed by atoms with Gasteiger partial charge in [-0.2, -0.15) is 0 Å². The Balaban J connectivity index is 1.54. The van der Waals surface area contributed by atoms with E-state index in [2.05, 4.69) is 20.8 Å². The van der Waals surface area contributed by atoms with Crippen molar-refractivity contribution in [1.29, 1.82) is 0 Å². The van der Waals surface area contributed by atoms with E-state index in [0.29, 0.717) is 11.3 Å². The average molecular weight is 305 g/mol. The first kappa shape index (κ1) is 15.0. The third-order valence-electron chi connectivity index (χ3n) is 7.05. The molecule has 1 amide bonds. The van der Waals surface area contributed by atoms with Crippen LogP contribution in [0.1, 0.15) is 46.5 Å². The molecule has 6 heteroatoms. The van der Waals surface area contributed by atoms with Gasteiger partial charge in [-0.1, -0.05) is 13.8 Å². The zero-order valence-corrected chi connectivity index (χ0v) is 13.8. The van der Waals surface area contributed by atoms with E-state index in [1.54, 1.807) is 0 Å². The summed E-state index contributed by atoms with van der Waals surface area (Å²) in [4.78, 5) is 13.8. The van der Waals surface area contributed by atoms with Gasteiger partial charge in [0, 0.05) is 6.54 Å². The molecule has 0 aromatic heterocycles. The second-order valence-electron chi connectivity index (χ2n) is 8.31. The monoisotopic (exact) mass is 305 g/mol. The highest BCUT2D eigenvalue weighted by molar-refractivity contribution is 6.48. The van der Waals surface area contributed by atoms with Crippen molar-refractivity contribution in [3.63, 3.8) is 0 Å². The van der Waals surface area contributed by atoms with Crippen LogP contribution in [0, 0.1) is 17.3 Å². The Morgan fingerprint density at radius 3 is 2.82 bits per heavy atom. The Bertz CT molecular complexity index is 500. The van der Waals surface area contributed by atoms with Crippen LogP contribution in [0.25, 0.3) is 0 Å². The van der Waals surface area contributed by atoms with Crippen LogP contribution >= 0.6 is 0 Å². The molecule has 0 aromatic carbocycles. The highest BCUT2D eigenvalue weighted by Gasteiger charge is 2.68. The van der Waals surface area contributed by atoms with Crippen LogP contribution in [0.2, 0.25) is 0 Å². The fourth-order valence-corrected chi connectivity index (χ4v) is 5.55. The van der Waals surface area contributed by atoms with E-state index in [1.165, 1.54) is 6.42 Å². The van der Waals surface area contributed by atoms with Crippen molar-refractivity contribution in [3.8, 4) is 0 Å². The molecule has 1 N–H and O–H groups in total. The van der Waals surface area contributed by atoms with E-state index in [9.17, 15) is 4.79 Å². The minimum Gasteiger partial charge on any atom is -0.404 e. The van der Waals surface area contributed by atoms with E-state index in [4.69, 9.17) is 15.0 Å². The summed E-state index contributed by atoms with van der Waals surface area (Å²) in [6.45, 7) is 7.49. The second kappa shape index (κ2) is 4.71. The lowest BCUT2D eigenvalue weighted by molar-refractivity contribution is -0.199. The number of hydrogen-bond acceptors (Lipinski definition) is 3. The number of likely N-dealkylation sites (tertiary alicyclic amines) is 1. The largest absolute Gasteiger partial charge is 0.481 e. The van der Waals surface area contributed by atoms with Crippen molar-refractivity contribution in [2.45, 2.75) is 64.1 Å². The van der Waals surface area contributed by atoms with Gasteiger partial charge in [0.15, 0.2) is 0 Å². The van der Waals surface area contributed by atoms with E-state index >= 15 is 0 Å². The minimum absolute atomic E-state index is 0.000544. The zero-order chi connectivity index (χ0) is 15.7. The standard InChI is InChI=1S/C16H26BN2O3/c1-15(2)10-7-11(15)16(3)12(8-10)21-17(22-16)13-5-4-6-19(13)14(20)9-18/h10-13,18H,4-9H2,1-3H3/t10-,11-,12+,13-,16-/m0/s1. The van der Waals surface area contributed by atoms with Gasteiger partial charge in [-0.15, -0.1) is 0 Å². The van der Waals surface area contributed by atoms with Gasteiger partial charge in [-0.25, -0.2) is 5.73 Å². The summed E-state index contributed by atoms with van der Waals surface area (Å²) in [7, 11) is -0.303. The average Bonchev–Trinajstić information content (AvgIpc) is 3.08. The number of nitrogens with zero attached hydrogens (tertiary/aromatic N) is 1. The molecule has 5 fully saturated rings. The molecule has 3 aliphatic carbocycles. The maximum atomic E-state index is 12.0.